The highest BCUT2D eigenvalue weighted by molar-refractivity contribution is 6.02. The molecule has 0 unspecified atom stereocenters. The van der Waals surface area contributed by atoms with Crippen LogP contribution in [0.25, 0.3) is 6.08 Å². The fraction of sp³-hybridized carbons (Fsp3) is 0.304. The van der Waals surface area contributed by atoms with Gasteiger partial charge in [0.1, 0.15) is 0 Å². The molecule has 6 heteroatoms. The third-order valence-corrected chi connectivity index (χ3v) is 4.97. The molecule has 152 valence electrons. The van der Waals surface area contributed by atoms with Gasteiger partial charge in [-0.1, -0.05) is 12.1 Å². The second-order valence-corrected chi connectivity index (χ2v) is 7.42. The zero-order valence-corrected chi connectivity index (χ0v) is 17.2. The summed E-state index contributed by atoms with van der Waals surface area (Å²) in [5, 5.41) is 5.64. The summed E-state index contributed by atoms with van der Waals surface area (Å²) in [5.41, 5.74) is 4.79. The van der Waals surface area contributed by atoms with Crippen molar-refractivity contribution in [2.45, 2.75) is 13.8 Å². The molecule has 1 aliphatic rings. The predicted octanol–water partition coefficient (Wildman–Crippen LogP) is 3.36. The maximum atomic E-state index is 12.3. The van der Waals surface area contributed by atoms with Gasteiger partial charge in [-0.3, -0.25) is 9.59 Å². The monoisotopic (exact) mass is 392 g/mol. The molecule has 1 saturated heterocycles. The van der Waals surface area contributed by atoms with Crippen LogP contribution in [-0.2, 0) is 9.59 Å². The van der Waals surface area contributed by atoms with Crippen molar-refractivity contribution >= 4 is 35.0 Å². The number of nitrogens with zero attached hydrogens (tertiary/aromatic N) is 2. The number of likely N-dealkylation sites (N-methyl/N-ethyl adjacent to an activating group) is 1. The van der Waals surface area contributed by atoms with Crippen LogP contribution in [0.2, 0.25) is 0 Å². The first-order valence-electron chi connectivity index (χ1n) is 9.81. The van der Waals surface area contributed by atoms with E-state index in [1.165, 1.54) is 18.7 Å². The molecule has 6 nitrogen and oxygen atoms in total. The molecule has 3 rings (SSSR count). The van der Waals surface area contributed by atoms with E-state index in [1.807, 2.05) is 24.3 Å². The highest BCUT2D eigenvalue weighted by Gasteiger charge is 2.16. The fourth-order valence-electron chi connectivity index (χ4n) is 3.37. The average molecular weight is 393 g/mol. The van der Waals surface area contributed by atoms with E-state index in [1.54, 1.807) is 18.2 Å². The van der Waals surface area contributed by atoms with Crippen LogP contribution in [0.15, 0.2) is 48.5 Å². The van der Waals surface area contributed by atoms with E-state index in [-0.39, 0.29) is 11.8 Å². The van der Waals surface area contributed by atoms with Gasteiger partial charge in [0.15, 0.2) is 0 Å². The zero-order chi connectivity index (χ0) is 20.8. The number of nitrogens with one attached hydrogen (secondary N) is 2. The second kappa shape index (κ2) is 9.39. The molecule has 0 aromatic heterocycles. The number of benzene rings is 2. The van der Waals surface area contributed by atoms with Gasteiger partial charge >= 0.3 is 0 Å². The second-order valence-electron chi connectivity index (χ2n) is 7.42. The Bertz CT molecular complexity index is 898. The van der Waals surface area contributed by atoms with Gasteiger partial charge in [0, 0.05) is 56.2 Å². The van der Waals surface area contributed by atoms with Gasteiger partial charge < -0.3 is 20.4 Å². The van der Waals surface area contributed by atoms with Gasteiger partial charge in [0.2, 0.25) is 11.8 Å². The average Bonchev–Trinajstić information content (AvgIpc) is 2.68. The van der Waals surface area contributed by atoms with Crippen LogP contribution in [0.4, 0.5) is 17.1 Å². The van der Waals surface area contributed by atoms with Gasteiger partial charge in [0.05, 0.1) is 0 Å². The van der Waals surface area contributed by atoms with Crippen molar-refractivity contribution in [2.75, 3.05) is 48.8 Å². The van der Waals surface area contributed by atoms with Crippen molar-refractivity contribution in [1.82, 2.24) is 4.90 Å². The summed E-state index contributed by atoms with van der Waals surface area (Å²) >= 11 is 0. The number of hydrogen-bond acceptors (Lipinski definition) is 4. The predicted molar refractivity (Wildman–Crippen MR) is 119 cm³/mol. The Morgan fingerprint density at radius 1 is 0.931 bits per heavy atom. The molecule has 2 amide bonds. The van der Waals surface area contributed by atoms with Crippen molar-refractivity contribution in [3.63, 3.8) is 0 Å². The molecule has 0 saturated carbocycles. The molecule has 0 atom stereocenters. The van der Waals surface area contributed by atoms with Crippen LogP contribution in [0.5, 0.6) is 0 Å². The summed E-state index contributed by atoms with van der Waals surface area (Å²) in [4.78, 5) is 28.0. The molecule has 29 heavy (non-hydrogen) atoms. The SMILES string of the molecule is CC(=O)Nc1ccc(/C=C/C(=O)Nc2ccc(N3CCN(C)CC3)c(C)c2)cc1. The summed E-state index contributed by atoms with van der Waals surface area (Å²) in [6.45, 7) is 7.72. The normalized spacial score (nSPS) is 14.8. The summed E-state index contributed by atoms with van der Waals surface area (Å²) < 4.78 is 0. The smallest absolute Gasteiger partial charge is 0.248 e. The van der Waals surface area contributed by atoms with E-state index >= 15 is 0 Å². The Hall–Kier alpha value is -3.12. The fourth-order valence-corrected chi connectivity index (χ4v) is 3.37. The van der Waals surface area contributed by atoms with Gasteiger partial charge in [-0.15, -0.1) is 0 Å². The maximum Gasteiger partial charge on any atom is 0.248 e. The zero-order valence-electron chi connectivity index (χ0n) is 17.2. The first-order valence-corrected chi connectivity index (χ1v) is 9.81. The summed E-state index contributed by atoms with van der Waals surface area (Å²) in [6, 6.07) is 13.4. The van der Waals surface area contributed by atoms with Crippen molar-refractivity contribution in [1.29, 1.82) is 0 Å². The number of amides is 2. The molecule has 0 spiro atoms. The highest BCUT2D eigenvalue weighted by atomic mass is 16.2. The maximum absolute atomic E-state index is 12.3. The first-order chi connectivity index (χ1) is 13.9. The van der Waals surface area contributed by atoms with Gasteiger partial charge in [-0.2, -0.15) is 0 Å². The van der Waals surface area contributed by atoms with E-state index in [9.17, 15) is 9.59 Å². The topological polar surface area (TPSA) is 64.7 Å². The van der Waals surface area contributed by atoms with Gasteiger partial charge in [0.25, 0.3) is 0 Å². The lowest BCUT2D eigenvalue weighted by atomic mass is 10.1. The first kappa shape index (κ1) is 20.6. The summed E-state index contributed by atoms with van der Waals surface area (Å²) in [5.74, 6) is -0.288. The van der Waals surface area contributed by atoms with Crippen molar-refractivity contribution in [2.24, 2.45) is 0 Å². The minimum Gasteiger partial charge on any atom is -0.369 e. The van der Waals surface area contributed by atoms with E-state index < -0.39 is 0 Å². The minimum atomic E-state index is -0.178. The lowest BCUT2D eigenvalue weighted by molar-refractivity contribution is -0.114. The number of aryl methyl sites for hydroxylation is 1. The van der Waals surface area contributed by atoms with Crippen molar-refractivity contribution in [3.8, 4) is 0 Å². The molecule has 0 radical (unpaired) electrons. The van der Waals surface area contributed by atoms with E-state index in [4.69, 9.17) is 0 Å². The number of carbonyl (C=O) groups excluding carboxylic acids is 2. The van der Waals surface area contributed by atoms with E-state index in [2.05, 4.69) is 40.5 Å². The van der Waals surface area contributed by atoms with Gasteiger partial charge in [-0.05, 0) is 61.5 Å². The Kier molecular flexibility index (Phi) is 6.67. The Morgan fingerprint density at radius 3 is 2.21 bits per heavy atom. The van der Waals surface area contributed by atoms with Crippen LogP contribution in [0.1, 0.15) is 18.1 Å². The quantitative estimate of drug-likeness (QED) is 0.766. The molecule has 2 aromatic carbocycles. The molecule has 0 bridgehead atoms. The molecule has 1 aliphatic heterocycles. The number of piperazine rings is 1. The molecule has 1 fully saturated rings. The number of hydrogen-bond donors (Lipinski definition) is 2. The number of rotatable bonds is 5. The van der Waals surface area contributed by atoms with Crippen LogP contribution >= 0.6 is 0 Å². The lowest BCUT2D eigenvalue weighted by Gasteiger charge is -2.35. The Balaban J connectivity index is 1.58. The third kappa shape index (κ3) is 5.93. The standard InChI is InChI=1S/C23H28N4O2/c1-17-16-21(9-10-22(17)27-14-12-26(3)13-15-27)25-23(29)11-6-19-4-7-20(8-5-19)24-18(2)28/h4-11,16H,12-15H2,1-3H3,(H,24,28)(H,25,29)/b11-6+. The van der Waals surface area contributed by atoms with Crippen LogP contribution in [0.3, 0.4) is 0 Å². The lowest BCUT2D eigenvalue weighted by Crippen LogP contribution is -2.44. The number of anilines is 3. The Morgan fingerprint density at radius 2 is 1.59 bits per heavy atom. The largest absolute Gasteiger partial charge is 0.369 e. The molecule has 1 heterocycles. The van der Waals surface area contributed by atoms with Gasteiger partial charge in [-0.25, -0.2) is 0 Å². The van der Waals surface area contributed by atoms with Crippen molar-refractivity contribution < 1.29 is 9.59 Å². The highest BCUT2D eigenvalue weighted by Crippen LogP contribution is 2.24. The third-order valence-electron chi connectivity index (χ3n) is 4.97. The number of carbonyl (C=O) groups is 2. The Labute approximate surface area is 172 Å². The summed E-state index contributed by atoms with van der Waals surface area (Å²) in [7, 11) is 2.15. The molecular weight excluding hydrogens is 364 g/mol. The molecule has 2 N–H and O–H groups in total. The van der Waals surface area contributed by atoms with Crippen LogP contribution in [-0.4, -0.2) is 49.9 Å². The van der Waals surface area contributed by atoms with Crippen LogP contribution < -0.4 is 15.5 Å². The van der Waals surface area contributed by atoms with Crippen molar-refractivity contribution in [3.05, 3.63) is 59.7 Å². The minimum absolute atomic E-state index is 0.110. The molecular formula is C23H28N4O2. The molecule has 0 aliphatic carbocycles. The van der Waals surface area contributed by atoms with Crippen LogP contribution in [0, 0.1) is 6.92 Å². The summed E-state index contributed by atoms with van der Waals surface area (Å²) in [6.07, 6.45) is 3.26. The van der Waals surface area contributed by atoms with E-state index in [0.29, 0.717) is 0 Å². The molecule has 2 aromatic rings. The van der Waals surface area contributed by atoms with E-state index in [0.717, 1.165) is 48.7 Å².